The number of carbonyl (C=O) groups excluding carboxylic acids is 1. The summed E-state index contributed by atoms with van der Waals surface area (Å²) in [5, 5.41) is 2.82. The Bertz CT molecular complexity index is 808. The van der Waals surface area contributed by atoms with Gasteiger partial charge in [-0.15, -0.1) is 0 Å². The van der Waals surface area contributed by atoms with Crippen molar-refractivity contribution in [3.63, 3.8) is 0 Å². The average Bonchev–Trinajstić information content (AvgIpc) is 2.62. The molecule has 0 saturated heterocycles. The van der Waals surface area contributed by atoms with E-state index in [1.165, 1.54) is 0 Å². The minimum Gasteiger partial charge on any atom is -0.355 e. The first-order valence-electron chi connectivity index (χ1n) is 8.52. The van der Waals surface area contributed by atoms with Crippen LogP contribution in [-0.4, -0.2) is 26.9 Å². The number of sulfonamides is 1. The molecule has 26 heavy (non-hydrogen) atoms. The summed E-state index contributed by atoms with van der Waals surface area (Å²) in [6.45, 7) is 2.57. The molecule has 5 nitrogen and oxygen atoms in total. The molecular weight excluding hydrogens is 463 g/mol. The van der Waals surface area contributed by atoms with Gasteiger partial charge in [-0.2, -0.15) is 4.72 Å². The third kappa shape index (κ3) is 6.37. The molecule has 0 aliphatic heterocycles. The SMILES string of the molecule is CCCCNC(=O)[C@H](Cc1ccccc1)NS(=O)(=O)c1ccc(I)cc1. The van der Waals surface area contributed by atoms with Crippen molar-refractivity contribution in [2.45, 2.75) is 37.1 Å². The van der Waals surface area contributed by atoms with Crippen molar-refractivity contribution >= 4 is 38.5 Å². The maximum absolute atomic E-state index is 12.7. The highest BCUT2D eigenvalue weighted by Gasteiger charge is 2.25. The smallest absolute Gasteiger partial charge is 0.241 e. The molecular formula is C19H23IN2O3S. The van der Waals surface area contributed by atoms with E-state index in [4.69, 9.17) is 0 Å². The molecule has 1 amide bonds. The second-order valence-electron chi connectivity index (χ2n) is 5.96. The van der Waals surface area contributed by atoms with Crippen LogP contribution in [0.2, 0.25) is 0 Å². The Hall–Kier alpha value is -1.45. The molecule has 0 spiro atoms. The van der Waals surface area contributed by atoms with E-state index in [1.54, 1.807) is 24.3 Å². The molecule has 0 aliphatic carbocycles. The van der Waals surface area contributed by atoms with Crippen LogP contribution in [0, 0.1) is 3.57 Å². The fourth-order valence-corrected chi connectivity index (χ4v) is 3.97. The van der Waals surface area contributed by atoms with Gasteiger partial charge in [0.05, 0.1) is 4.90 Å². The first kappa shape index (κ1) is 20.9. The maximum Gasteiger partial charge on any atom is 0.241 e. The molecule has 1 atom stereocenters. The summed E-state index contributed by atoms with van der Waals surface area (Å²) in [5.74, 6) is -0.309. The molecule has 0 fully saturated rings. The number of benzene rings is 2. The van der Waals surface area contributed by atoms with Gasteiger partial charge in [0.2, 0.25) is 15.9 Å². The van der Waals surface area contributed by atoms with Crippen molar-refractivity contribution in [3.05, 3.63) is 63.7 Å². The van der Waals surface area contributed by atoms with Gasteiger partial charge in [0.1, 0.15) is 6.04 Å². The number of hydrogen-bond donors (Lipinski definition) is 2. The molecule has 2 rings (SSSR count). The lowest BCUT2D eigenvalue weighted by molar-refractivity contribution is -0.122. The van der Waals surface area contributed by atoms with Crippen LogP contribution in [0.15, 0.2) is 59.5 Å². The van der Waals surface area contributed by atoms with Crippen LogP contribution < -0.4 is 10.0 Å². The molecule has 2 aromatic rings. The van der Waals surface area contributed by atoms with E-state index >= 15 is 0 Å². The summed E-state index contributed by atoms with van der Waals surface area (Å²) < 4.78 is 28.9. The molecule has 0 aromatic heterocycles. The minimum atomic E-state index is -3.79. The third-order valence-corrected chi connectivity index (χ3v) is 6.06. The Balaban J connectivity index is 2.19. The number of nitrogens with one attached hydrogen (secondary N) is 2. The largest absolute Gasteiger partial charge is 0.355 e. The summed E-state index contributed by atoms with van der Waals surface area (Å²) in [6, 6.07) is 15.1. The maximum atomic E-state index is 12.7. The van der Waals surface area contributed by atoms with Gasteiger partial charge in [0.25, 0.3) is 0 Å². The minimum absolute atomic E-state index is 0.150. The second-order valence-corrected chi connectivity index (χ2v) is 8.92. The summed E-state index contributed by atoms with van der Waals surface area (Å²) >= 11 is 2.12. The summed E-state index contributed by atoms with van der Waals surface area (Å²) in [7, 11) is -3.79. The Kier molecular flexibility index (Phi) is 8.05. The summed E-state index contributed by atoms with van der Waals surface area (Å²) in [4.78, 5) is 12.7. The zero-order valence-electron chi connectivity index (χ0n) is 14.6. The van der Waals surface area contributed by atoms with Crippen LogP contribution >= 0.6 is 22.6 Å². The fourth-order valence-electron chi connectivity index (χ4n) is 2.42. The molecule has 0 heterocycles. The number of rotatable bonds is 9. The van der Waals surface area contributed by atoms with E-state index in [-0.39, 0.29) is 10.8 Å². The van der Waals surface area contributed by atoms with E-state index < -0.39 is 16.1 Å². The Labute approximate surface area is 168 Å². The van der Waals surface area contributed by atoms with E-state index in [0.717, 1.165) is 22.0 Å². The van der Waals surface area contributed by atoms with Gasteiger partial charge in [-0.25, -0.2) is 8.42 Å². The molecule has 0 radical (unpaired) electrons. The highest BCUT2D eigenvalue weighted by molar-refractivity contribution is 14.1. The van der Waals surface area contributed by atoms with Crippen molar-refractivity contribution in [2.24, 2.45) is 0 Å². The monoisotopic (exact) mass is 486 g/mol. The summed E-state index contributed by atoms with van der Waals surface area (Å²) in [6.07, 6.45) is 2.11. The van der Waals surface area contributed by atoms with Gasteiger partial charge in [-0.05, 0) is 65.3 Å². The summed E-state index contributed by atoms with van der Waals surface area (Å²) in [5.41, 5.74) is 0.897. The molecule has 2 N–H and O–H groups in total. The first-order chi connectivity index (χ1) is 12.4. The molecule has 2 aromatic carbocycles. The van der Waals surface area contributed by atoms with Crippen LogP contribution in [0.3, 0.4) is 0 Å². The zero-order chi connectivity index (χ0) is 19.0. The zero-order valence-corrected chi connectivity index (χ0v) is 17.6. The van der Waals surface area contributed by atoms with Crippen molar-refractivity contribution in [3.8, 4) is 0 Å². The highest BCUT2D eigenvalue weighted by atomic mass is 127. The predicted molar refractivity (Wildman–Crippen MR) is 111 cm³/mol. The highest BCUT2D eigenvalue weighted by Crippen LogP contribution is 2.14. The fraction of sp³-hybridized carbons (Fsp3) is 0.316. The molecule has 0 saturated carbocycles. The Morgan fingerprint density at radius 2 is 1.73 bits per heavy atom. The third-order valence-electron chi connectivity index (χ3n) is 3.85. The van der Waals surface area contributed by atoms with Crippen LogP contribution in [0.4, 0.5) is 0 Å². The molecule has 0 aliphatic rings. The molecule has 140 valence electrons. The van der Waals surface area contributed by atoms with Gasteiger partial charge < -0.3 is 5.32 Å². The van der Waals surface area contributed by atoms with E-state index in [0.29, 0.717) is 13.0 Å². The normalized spacial score (nSPS) is 12.5. The van der Waals surface area contributed by atoms with Crippen LogP contribution in [0.25, 0.3) is 0 Å². The standard InChI is InChI=1S/C19H23IN2O3S/c1-2-3-13-21-19(23)18(14-15-7-5-4-6-8-15)22-26(24,25)17-11-9-16(20)10-12-17/h4-12,18,22H,2-3,13-14H2,1H3,(H,21,23)/t18-/m0/s1. The lowest BCUT2D eigenvalue weighted by Crippen LogP contribution is -2.48. The quantitative estimate of drug-likeness (QED) is 0.423. The average molecular weight is 486 g/mol. The number of carbonyl (C=O) groups is 1. The lowest BCUT2D eigenvalue weighted by Gasteiger charge is -2.19. The number of hydrogen-bond acceptors (Lipinski definition) is 3. The molecule has 0 bridgehead atoms. The van der Waals surface area contributed by atoms with Crippen molar-refractivity contribution < 1.29 is 13.2 Å². The number of halogens is 1. The molecule has 0 unspecified atom stereocenters. The Morgan fingerprint density at radius 3 is 2.35 bits per heavy atom. The van der Waals surface area contributed by atoms with E-state index in [1.807, 2.05) is 37.3 Å². The topological polar surface area (TPSA) is 75.3 Å². The van der Waals surface area contributed by atoms with Crippen molar-refractivity contribution in [2.75, 3.05) is 6.54 Å². The Morgan fingerprint density at radius 1 is 1.08 bits per heavy atom. The number of amides is 1. The van der Waals surface area contributed by atoms with E-state index in [9.17, 15) is 13.2 Å². The van der Waals surface area contributed by atoms with Gasteiger partial charge >= 0.3 is 0 Å². The van der Waals surface area contributed by atoms with Crippen molar-refractivity contribution in [1.29, 1.82) is 0 Å². The van der Waals surface area contributed by atoms with Gasteiger partial charge in [0.15, 0.2) is 0 Å². The van der Waals surface area contributed by atoms with Crippen LogP contribution in [0.5, 0.6) is 0 Å². The second kappa shape index (κ2) is 10.0. The lowest BCUT2D eigenvalue weighted by atomic mass is 10.1. The first-order valence-corrected chi connectivity index (χ1v) is 11.1. The van der Waals surface area contributed by atoms with Crippen molar-refractivity contribution in [1.82, 2.24) is 10.0 Å². The van der Waals surface area contributed by atoms with Crippen LogP contribution in [0.1, 0.15) is 25.3 Å². The van der Waals surface area contributed by atoms with Gasteiger partial charge in [-0.1, -0.05) is 43.7 Å². The molecule has 7 heteroatoms. The van der Waals surface area contributed by atoms with Gasteiger partial charge in [0, 0.05) is 10.1 Å². The van der Waals surface area contributed by atoms with Gasteiger partial charge in [-0.3, -0.25) is 4.79 Å². The predicted octanol–water partition coefficient (Wildman–Crippen LogP) is 3.10. The number of unbranched alkanes of at least 4 members (excludes halogenated alkanes) is 1. The van der Waals surface area contributed by atoms with E-state index in [2.05, 4.69) is 32.6 Å². The van der Waals surface area contributed by atoms with Crippen LogP contribution in [-0.2, 0) is 21.2 Å².